The molecule has 1 fully saturated rings. The lowest BCUT2D eigenvalue weighted by molar-refractivity contribution is -0.301. The van der Waals surface area contributed by atoms with Crippen molar-refractivity contribution in [3.8, 4) is 0 Å². The Morgan fingerprint density at radius 2 is 0.887 bits per heavy atom. The van der Waals surface area contributed by atoms with Gasteiger partial charge in [-0.05, 0) is 109 Å². The van der Waals surface area contributed by atoms with Crippen molar-refractivity contribution in [1.29, 1.82) is 0 Å². The van der Waals surface area contributed by atoms with E-state index in [9.17, 15) is 34.5 Å². The number of aliphatic hydroxyl groups is 2. The molecule has 1 aliphatic heterocycles. The van der Waals surface area contributed by atoms with Crippen LogP contribution in [0.5, 0.6) is 0 Å². The largest absolute Gasteiger partial charge is 0.479 e. The fraction of sp³-hybridized carbons (Fsp3) is 0.661. The first-order valence-corrected chi connectivity index (χ1v) is 27.2. The van der Waals surface area contributed by atoms with E-state index in [1.807, 2.05) is 0 Å². The number of allylic oxidation sites excluding steroid dienone is 16. The van der Waals surface area contributed by atoms with Gasteiger partial charge in [0, 0.05) is 19.3 Å². The van der Waals surface area contributed by atoms with Crippen LogP contribution in [0.1, 0.15) is 201 Å². The summed E-state index contributed by atoms with van der Waals surface area (Å²) in [5.41, 5.74) is 0. The number of ether oxygens (including phenoxy) is 5. The maximum absolute atomic E-state index is 13.1. The van der Waals surface area contributed by atoms with Crippen molar-refractivity contribution in [3.63, 3.8) is 0 Å². The van der Waals surface area contributed by atoms with Crippen LogP contribution >= 0.6 is 0 Å². The van der Waals surface area contributed by atoms with Crippen molar-refractivity contribution in [3.05, 3.63) is 97.2 Å². The van der Waals surface area contributed by atoms with E-state index in [0.717, 1.165) is 128 Å². The number of unbranched alkanes of at least 4 members (excludes halogenated alkanes) is 14. The van der Waals surface area contributed by atoms with E-state index in [0.29, 0.717) is 19.3 Å². The van der Waals surface area contributed by atoms with Gasteiger partial charge in [0.2, 0.25) is 0 Å². The summed E-state index contributed by atoms with van der Waals surface area (Å²) in [5, 5.41) is 31.4. The highest BCUT2D eigenvalue weighted by atomic mass is 16.7. The number of aliphatic hydroxyl groups excluding tert-OH is 2. The third-order valence-corrected chi connectivity index (χ3v) is 11.6. The molecule has 0 saturated carbocycles. The summed E-state index contributed by atoms with van der Waals surface area (Å²) in [7, 11) is 0. The Balaban J connectivity index is 2.76. The molecule has 1 saturated heterocycles. The summed E-state index contributed by atoms with van der Waals surface area (Å²) in [6.07, 6.45) is 48.2. The highest BCUT2D eigenvalue weighted by Gasteiger charge is 2.50. The molecule has 1 aliphatic rings. The van der Waals surface area contributed by atoms with Gasteiger partial charge in [-0.25, -0.2) is 4.79 Å². The minimum atomic E-state index is -1.92. The molecule has 0 amide bonds. The summed E-state index contributed by atoms with van der Waals surface area (Å²) in [5.74, 6) is -3.22. The second-order valence-corrected chi connectivity index (χ2v) is 18.1. The third kappa shape index (κ3) is 37.1. The minimum Gasteiger partial charge on any atom is -0.479 e. The van der Waals surface area contributed by atoms with Crippen molar-refractivity contribution < 1.29 is 58.2 Å². The van der Waals surface area contributed by atoms with E-state index in [4.69, 9.17) is 23.7 Å². The second kappa shape index (κ2) is 46.7. The summed E-state index contributed by atoms with van der Waals surface area (Å²) in [6, 6.07) is 0. The number of carbonyl (C=O) groups is 4. The molecule has 0 aromatic carbocycles. The number of carbonyl (C=O) groups excluding carboxylic acids is 3. The maximum Gasteiger partial charge on any atom is 0.335 e. The molecule has 0 radical (unpaired) electrons. The molecule has 1 rings (SSSR count). The third-order valence-electron chi connectivity index (χ3n) is 11.6. The van der Waals surface area contributed by atoms with Crippen LogP contribution in [-0.4, -0.2) is 89.2 Å². The van der Waals surface area contributed by atoms with Crippen LogP contribution in [0.25, 0.3) is 0 Å². The van der Waals surface area contributed by atoms with Gasteiger partial charge in [-0.3, -0.25) is 14.4 Å². The molecular formula is C59H94O12. The average Bonchev–Trinajstić information content (AvgIpc) is 3.35. The van der Waals surface area contributed by atoms with E-state index in [2.05, 4.69) is 118 Å². The van der Waals surface area contributed by atoms with Crippen LogP contribution in [-0.2, 0) is 42.9 Å². The second-order valence-electron chi connectivity index (χ2n) is 18.1. The Kier molecular flexibility index (Phi) is 42.5. The van der Waals surface area contributed by atoms with Gasteiger partial charge < -0.3 is 39.0 Å². The topological polar surface area (TPSA) is 175 Å². The standard InChI is InChI=1S/C59H94O12/c1-4-7-10-13-16-19-22-24-26-28-31-33-36-39-42-45-51(60)67-48-50(69-52(61)46-43-40-37-34-30-21-18-15-12-9-6-3)49-68-59-57(55(64)54(63)56(71-59)58(65)66)70-53(62)47-44-41-38-35-32-29-27-25-23-20-17-14-11-8-5-2/h7-8,10-11,15-20,24-27,31,33,50,54-57,59,63-64H,4-6,9,12-14,21-23,28-30,32,34-49H2,1-3H3,(H,65,66)/b10-7-,11-8-,18-15-,19-16-,20-17-,26-24-,27-25-,33-31-. The number of hydrogen-bond donors (Lipinski definition) is 3. The van der Waals surface area contributed by atoms with E-state index in [1.165, 1.54) is 12.8 Å². The molecule has 12 nitrogen and oxygen atoms in total. The molecular weight excluding hydrogens is 901 g/mol. The van der Waals surface area contributed by atoms with Gasteiger partial charge in [0.1, 0.15) is 18.8 Å². The van der Waals surface area contributed by atoms with E-state index < -0.39 is 67.3 Å². The predicted octanol–water partition coefficient (Wildman–Crippen LogP) is 13.3. The number of hydrogen-bond acceptors (Lipinski definition) is 11. The summed E-state index contributed by atoms with van der Waals surface area (Å²) in [4.78, 5) is 50.9. The molecule has 12 heteroatoms. The van der Waals surface area contributed by atoms with Crippen molar-refractivity contribution >= 4 is 23.9 Å². The number of carboxylic acid groups (broad SMARTS) is 1. The fourth-order valence-corrected chi connectivity index (χ4v) is 7.47. The van der Waals surface area contributed by atoms with Crippen LogP contribution in [0.4, 0.5) is 0 Å². The number of aliphatic carboxylic acids is 1. The molecule has 402 valence electrons. The zero-order valence-electron chi connectivity index (χ0n) is 43.9. The Labute approximate surface area is 428 Å². The molecule has 1 heterocycles. The van der Waals surface area contributed by atoms with Crippen molar-refractivity contribution in [2.24, 2.45) is 0 Å². The maximum atomic E-state index is 13.1. The first-order valence-electron chi connectivity index (χ1n) is 27.2. The lowest BCUT2D eigenvalue weighted by atomic mass is 9.98. The highest BCUT2D eigenvalue weighted by Crippen LogP contribution is 2.26. The normalized spacial score (nSPS) is 19.3. The van der Waals surface area contributed by atoms with Gasteiger partial charge in [-0.1, -0.05) is 169 Å². The Bertz CT molecular complexity index is 1610. The molecule has 0 aromatic heterocycles. The molecule has 6 unspecified atom stereocenters. The van der Waals surface area contributed by atoms with E-state index >= 15 is 0 Å². The first-order chi connectivity index (χ1) is 34.6. The minimum absolute atomic E-state index is 0.0316. The first kappa shape index (κ1) is 64.7. The summed E-state index contributed by atoms with van der Waals surface area (Å²) >= 11 is 0. The molecule has 0 aromatic rings. The quantitative estimate of drug-likeness (QED) is 0.0228. The number of esters is 3. The molecule has 3 N–H and O–H groups in total. The van der Waals surface area contributed by atoms with Crippen LogP contribution in [0.15, 0.2) is 97.2 Å². The number of rotatable bonds is 44. The molecule has 6 atom stereocenters. The van der Waals surface area contributed by atoms with Gasteiger partial charge in [0.25, 0.3) is 0 Å². The van der Waals surface area contributed by atoms with Gasteiger partial charge >= 0.3 is 23.9 Å². The zero-order valence-corrected chi connectivity index (χ0v) is 43.9. The van der Waals surface area contributed by atoms with Gasteiger partial charge in [-0.15, -0.1) is 0 Å². The summed E-state index contributed by atoms with van der Waals surface area (Å²) in [6.45, 7) is 5.64. The van der Waals surface area contributed by atoms with Crippen LogP contribution in [0.3, 0.4) is 0 Å². The van der Waals surface area contributed by atoms with Gasteiger partial charge in [0.15, 0.2) is 24.6 Å². The lowest BCUT2D eigenvalue weighted by Gasteiger charge is -2.40. The lowest BCUT2D eigenvalue weighted by Crippen LogP contribution is -2.61. The predicted molar refractivity (Wildman–Crippen MR) is 284 cm³/mol. The Hall–Kier alpha value is -4.36. The van der Waals surface area contributed by atoms with Crippen LogP contribution in [0, 0.1) is 0 Å². The van der Waals surface area contributed by atoms with Gasteiger partial charge in [-0.2, -0.15) is 0 Å². The van der Waals surface area contributed by atoms with Gasteiger partial charge in [0.05, 0.1) is 6.61 Å². The summed E-state index contributed by atoms with van der Waals surface area (Å²) < 4.78 is 28.3. The monoisotopic (exact) mass is 995 g/mol. The van der Waals surface area contributed by atoms with Crippen LogP contribution < -0.4 is 0 Å². The van der Waals surface area contributed by atoms with E-state index in [1.54, 1.807) is 0 Å². The Morgan fingerprint density at radius 1 is 0.479 bits per heavy atom. The SMILES string of the molecule is CC/C=C\C/C=C\C/C=C\C/C=C\CCCCC(=O)OCC(COC1OC(C(=O)O)C(O)C(O)C1OC(=O)CCCCCCC/C=C\C/C=C\C/C=C\CC)OC(=O)CCCCCCC/C=C\CCCC. The molecule has 0 bridgehead atoms. The zero-order chi connectivity index (χ0) is 51.8. The van der Waals surface area contributed by atoms with Crippen molar-refractivity contribution in [1.82, 2.24) is 0 Å². The number of carboxylic acids is 1. The van der Waals surface area contributed by atoms with Crippen molar-refractivity contribution in [2.45, 2.75) is 237 Å². The highest BCUT2D eigenvalue weighted by molar-refractivity contribution is 5.74. The van der Waals surface area contributed by atoms with E-state index in [-0.39, 0.29) is 25.9 Å². The smallest absolute Gasteiger partial charge is 0.335 e. The van der Waals surface area contributed by atoms with Crippen LogP contribution in [0.2, 0.25) is 0 Å². The van der Waals surface area contributed by atoms with Crippen molar-refractivity contribution in [2.75, 3.05) is 13.2 Å². The molecule has 0 spiro atoms. The Morgan fingerprint density at radius 3 is 1.39 bits per heavy atom. The average molecular weight is 995 g/mol. The fourth-order valence-electron chi connectivity index (χ4n) is 7.47. The molecule has 0 aliphatic carbocycles. The molecule has 71 heavy (non-hydrogen) atoms.